The van der Waals surface area contributed by atoms with Crippen LogP contribution in [0.2, 0.25) is 0 Å². The van der Waals surface area contributed by atoms with E-state index >= 15 is 0 Å². The van der Waals surface area contributed by atoms with Gasteiger partial charge in [0.05, 0.1) is 11.1 Å². The second-order valence-electron chi connectivity index (χ2n) is 5.98. The van der Waals surface area contributed by atoms with Gasteiger partial charge in [0.1, 0.15) is 11.2 Å². The number of sulfonamides is 1. The summed E-state index contributed by atoms with van der Waals surface area (Å²) in [5, 5.41) is 0. The van der Waals surface area contributed by atoms with E-state index in [1.807, 2.05) is 38.1 Å². The SMILES string of the molecule is Cc1ccc(S(=O)(=O)Nc2ncc(Br)nc2OCc2ccccc2C)cc1. The Morgan fingerprint density at radius 2 is 1.78 bits per heavy atom. The van der Waals surface area contributed by atoms with Gasteiger partial charge in [-0.3, -0.25) is 4.72 Å². The Labute approximate surface area is 166 Å². The zero-order valence-corrected chi connectivity index (χ0v) is 17.2. The molecule has 1 heterocycles. The van der Waals surface area contributed by atoms with Crippen LogP contribution >= 0.6 is 15.9 Å². The summed E-state index contributed by atoms with van der Waals surface area (Å²) >= 11 is 3.24. The predicted molar refractivity (Wildman–Crippen MR) is 107 cm³/mol. The number of hydrogen-bond donors (Lipinski definition) is 1. The summed E-state index contributed by atoms with van der Waals surface area (Å²) in [6.07, 6.45) is 1.41. The van der Waals surface area contributed by atoms with Crippen LogP contribution in [0.15, 0.2) is 64.2 Å². The maximum atomic E-state index is 12.6. The Kier molecular flexibility index (Phi) is 5.76. The number of nitrogens with zero attached hydrogens (tertiary/aromatic N) is 2. The molecule has 0 saturated heterocycles. The summed E-state index contributed by atoms with van der Waals surface area (Å²) in [4.78, 5) is 8.47. The summed E-state index contributed by atoms with van der Waals surface area (Å²) in [5.74, 6) is 0.135. The molecule has 0 aliphatic rings. The molecule has 1 aromatic heterocycles. The number of ether oxygens (including phenoxy) is 1. The maximum absolute atomic E-state index is 12.6. The summed E-state index contributed by atoms with van der Waals surface area (Å²) < 4.78 is 33.9. The molecule has 0 spiro atoms. The fourth-order valence-corrected chi connectivity index (χ4v) is 3.61. The highest BCUT2D eigenvalue weighted by molar-refractivity contribution is 9.10. The van der Waals surface area contributed by atoms with E-state index in [1.54, 1.807) is 12.1 Å². The van der Waals surface area contributed by atoms with Crippen molar-refractivity contribution in [2.75, 3.05) is 4.72 Å². The minimum Gasteiger partial charge on any atom is -0.470 e. The minimum absolute atomic E-state index is 0.0346. The van der Waals surface area contributed by atoms with Crippen LogP contribution < -0.4 is 9.46 Å². The Balaban J connectivity index is 1.85. The molecule has 0 amide bonds. The van der Waals surface area contributed by atoms with Crippen molar-refractivity contribution >= 4 is 31.8 Å². The Hall–Kier alpha value is -2.45. The second-order valence-corrected chi connectivity index (χ2v) is 8.48. The van der Waals surface area contributed by atoms with E-state index in [0.29, 0.717) is 4.60 Å². The molecule has 140 valence electrons. The predicted octanol–water partition coefficient (Wildman–Crippen LogP) is 4.24. The fourth-order valence-electron chi connectivity index (χ4n) is 2.34. The number of nitrogens with one attached hydrogen (secondary N) is 1. The van der Waals surface area contributed by atoms with Crippen LogP contribution in [0.3, 0.4) is 0 Å². The first kappa shape index (κ1) is 19.3. The summed E-state index contributed by atoms with van der Waals surface area (Å²) in [6, 6.07) is 14.3. The molecule has 0 aliphatic heterocycles. The standard InChI is InChI=1S/C19H18BrN3O3S/c1-13-7-9-16(10-8-13)27(24,25)23-18-19(22-17(20)11-21-18)26-12-15-6-4-3-5-14(15)2/h3-11H,12H2,1-2H3,(H,21,23). The van der Waals surface area contributed by atoms with Crippen LogP contribution in [0.25, 0.3) is 0 Å². The van der Waals surface area contributed by atoms with E-state index in [9.17, 15) is 8.42 Å². The Bertz CT molecular complexity index is 1050. The average molecular weight is 448 g/mol. The first-order chi connectivity index (χ1) is 12.8. The lowest BCUT2D eigenvalue weighted by molar-refractivity contribution is 0.293. The van der Waals surface area contributed by atoms with Crippen LogP contribution in [0.1, 0.15) is 16.7 Å². The second kappa shape index (κ2) is 8.06. The van der Waals surface area contributed by atoms with Gasteiger partial charge in [0.15, 0.2) is 0 Å². The highest BCUT2D eigenvalue weighted by atomic mass is 79.9. The van der Waals surface area contributed by atoms with Crippen LogP contribution in [-0.4, -0.2) is 18.4 Å². The molecule has 0 atom stereocenters. The van der Waals surface area contributed by atoms with E-state index in [1.165, 1.54) is 18.3 Å². The van der Waals surface area contributed by atoms with Crippen molar-refractivity contribution in [3.05, 3.63) is 76.0 Å². The minimum atomic E-state index is -3.80. The summed E-state index contributed by atoms with van der Waals surface area (Å²) in [7, 11) is -3.80. The zero-order chi connectivity index (χ0) is 19.4. The molecule has 2 aromatic carbocycles. The third kappa shape index (κ3) is 4.84. The van der Waals surface area contributed by atoms with Crippen molar-refractivity contribution < 1.29 is 13.2 Å². The van der Waals surface area contributed by atoms with Gasteiger partial charge in [0.2, 0.25) is 5.82 Å². The molecule has 6 nitrogen and oxygen atoms in total. The molecule has 3 rings (SSSR count). The smallest absolute Gasteiger partial charge is 0.263 e. The molecule has 3 aromatic rings. The molecule has 0 bridgehead atoms. The van der Waals surface area contributed by atoms with Crippen LogP contribution in [0.4, 0.5) is 5.82 Å². The molecule has 1 N–H and O–H groups in total. The Morgan fingerprint density at radius 3 is 2.48 bits per heavy atom. The van der Waals surface area contributed by atoms with Gasteiger partial charge >= 0.3 is 0 Å². The molecule has 27 heavy (non-hydrogen) atoms. The number of aromatic nitrogens is 2. The summed E-state index contributed by atoms with van der Waals surface area (Å²) in [6.45, 7) is 4.12. The number of rotatable bonds is 6. The molecule has 0 unspecified atom stereocenters. The third-order valence-electron chi connectivity index (χ3n) is 3.90. The molecule has 0 saturated carbocycles. The van der Waals surface area contributed by atoms with E-state index in [4.69, 9.17) is 4.74 Å². The number of aryl methyl sites for hydroxylation is 2. The van der Waals surface area contributed by atoms with Gasteiger partial charge in [-0.15, -0.1) is 0 Å². The van der Waals surface area contributed by atoms with Crippen LogP contribution in [0, 0.1) is 13.8 Å². The third-order valence-corrected chi connectivity index (χ3v) is 5.64. The zero-order valence-electron chi connectivity index (χ0n) is 14.8. The molecule has 0 aliphatic carbocycles. The average Bonchev–Trinajstić information content (AvgIpc) is 2.63. The van der Waals surface area contributed by atoms with Crippen LogP contribution in [0.5, 0.6) is 5.88 Å². The van der Waals surface area contributed by atoms with Crippen molar-refractivity contribution in [1.82, 2.24) is 9.97 Å². The van der Waals surface area contributed by atoms with E-state index < -0.39 is 10.0 Å². The van der Waals surface area contributed by atoms with Crippen molar-refractivity contribution in [3.63, 3.8) is 0 Å². The lowest BCUT2D eigenvalue weighted by Crippen LogP contribution is -2.15. The molecular formula is C19H18BrN3O3S. The van der Waals surface area contributed by atoms with E-state index in [2.05, 4.69) is 30.6 Å². The van der Waals surface area contributed by atoms with E-state index in [0.717, 1.165) is 16.7 Å². The topological polar surface area (TPSA) is 81.2 Å². The van der Waals surface area contributed by atoms with Gasteiger partial charge in [-0.25, -0.2) is 18.4 Å². The first-order valence-corrected chi connectivity index (χ1v) is 10.4. The van der Waals surface area contributed by atoms with Gasteiger partial charge in [0, 0.05) is 0 Å². The molecular weight excluding hydrogens is 430 g/mol. The molecule has 0 radical (unpaired) electrons. The van der Waals surface area contributed by atoms with Gasteiger partial charge in [-0.2, -0.15) is 0 Å². The molecule has 8 heteroatoms. The van der Waals surface area contributed by atoms with E-state index in [-0.39, 0.29) is 23.2 Å². The maximum Gasteiger partial charge on any atom is 0.263 e. The molecule has 0 fully saturated rings. The first-order valence-electron chi connectivity index (χ1n) is 8.14. The van der Waals surface area contributed by atoms with Crippen molar-refractivity contribution in [3.8, 4) is 5.88 Å². The lowest BCUT2D eigenvalue weighted by atomic mass is 10.1. The number of benzene rings is 2. The van der Waals surface area contributed by atoms with Crippen molar-refractivity contribution in [1.29, 1.82) is 0 Å². The number of anilines is 1. The van der Waals surface area contributed by atoms with Gasteiger partial charge in [0.25, 0.3) is 15.9 Å². The van der Waals surface area contributed by atoms with Gasteiger partial charge < -0.3 is 4.74 Å². The van der Waals surface area contributed by atoms with Gasteiger partial charge in [-0.05, 0) is 53.0 Å². The number of halogens is 1. The Morgan fingerprint density at radius 1 is 1.07 bits per heavy atom. The monoisotopic (exact) mass is 447 g/mol. The lowest BCUT2D eigenvalue weighted by Gasteiger charge is -2.13. The fraction of sp³-hybridized carbons (Fsp3) is 0.158. The quantitative estimate of drug-likeness (QED) is 0.610. The summed E-state index contributed by atoms with van der Waals surface area (Å²) in [5.41, 5.74) is 3.02. The van der Waals surface area contributed by atoms with Crippen molar-refractivity contribution in [2.24, 2.45) is 0 Å². The number of hydrogen-bond acceptors (Lipinski definition) is 5. The normalized spacial score (nSPS) is 11.2. The van der Waals surface area contributed by atoms with Crippen molar-refractivity contribution in [2.45, 2.75) is 25.3 Å². The highest BCUT2D eigenvalue weighted by Gasteiger charge is 2.19. The van der Waals surface area contributed by atoms with Gasteiger partial charge in [-0.1, -0.05) is 42.0 Å². The largest absolute Gasteiger partial charge is 0.470 e. The highest BCUT2D eigenvalue weighted by Crippen LogP contribution is 2.25. The van der Waals surface area contributed by atoms with Crippen LogP contribution in [-0.2, 0) is 16.6 Å².